The van der Waals surface area contributed by atoms with E-state index in [1.807, 2.05) is 0 Å². The topological polar surface area (TPSA) is 44.1 Å². The number of ketones is 1. The molecule has 0 amide bonds. The fourth-order valence-corrected chi connectivity index (χ4v) is 1.69. The highest BCUT2D eigenvalue weighted by atomic mass is 35.5. The average Bonchev–Trinajstić information content (AvgIpc) is 2.64. The molecule has 0 spiro atoms. The van der Waals surface area contributed by atoms with E-state index < -0.39 is 0 Å². The summed E-state index contributed by atoms with van der Waals surface area (Å²) in [6.45, 7) is 3.12. The standard InChI is InChI=1S/C11H17ClN2O2/c1-3-4-5-10(15)11-9(12)8-13-14(11)6-7-16-2/h8H,3-7H2,1-2H3. The van der Waals surface area contributed by atoms with Crippen LogP contribution < -0.4 is 0 Å². The molecule has 1 rings (SSSR count). The lowest BCUT2D eigenvalue weighted by Crippen LogP contribution is -2.13. The van der Waals surface area contributed by atoms with Gasteiger partial charge in [0.15, 0.2) is 5.78 Å². The van der Waals surface area contributed by atoms with Crippen LogP contribution in [0.5, 0.6) is 0 Å². The van der Waals surface area contributed by atoms with Gasteiger partial charge in [0.25, 0.3) is 0 Å². The van der Waals surface area contributed by atoms with Gasteiger partial charge >= 0.3 is 0 Å². The first-order chi connectivity index (χ1) is 7.70. The molecule has 0 atom stereocenters. The second kappa shape index (κ2) is 6.66. The molecule has 0 unspecified atom stereocenters. The van der Waals surface area contributed by atoms with Crippen LogP contribution in [0.3, 0.4) is 0 Å². The molecule has 0 aromatic carbocycles. The number of hydrogen-bond acceptors (Lipinski definition) is 3. The summed E-state index contributed by atoms with van der Waals surface area (Å²) in [5.41, 5.74) is 0.507. The minimum Gasteiger partial charge on any atom is -0.383 e. The minimum absolute atomic E-state index is 0.0560. The van der Waals surface area contributed by atoms with E-state index in [9.17, 15) is 4.79 Å². The summed E-state index contributed by atoms with van der Waals surface area (Å²) in [7, 11) is 1.61. The fraction of sp³-hybridized carbons (Fsp3) is 0.636. The van der Waals surface area contributed by atoms with E-state index in [0.717, 1.165) is 12.8 Å². The molecule has 1 aromatic heterocycles. The lowest BCUT2D eigenvalue weighted by Gasteiger charge is -2.06. The summed E-state index contributed by atoms with van der Waals surface area (Å²) < 4.78 is 6.57. The lowest BCUT2D eigenvalue weighted by atomic mass is 10.1. The van der Waals surface area contributed by atoms with Crippen LogP contribution in [-0.2, 0) is 11.3 Å². The van der Waals surface area contributed by atoms with Gasteiger partial charge in [-0.25, -0.2) is 0 Å². The SMILES string of the molecule is CCCCC(=O)c1c(Cl)cnn1CCOC. The molecule has 1 aromatic rings. The first-order valence-electron chi connectivity index (χ1n) is 5.44. The second-order valence-electron chi connectivity index (χ2n) is 3.58. The predicted molar refractivity (Wildman–Crippen MR) is 63.0 cm³/mol. The molecule has 0 bridgehead atoms. The van der Waals surface area contributed by atoms with Crippen LogP contribution in [0.2, 0.25) is 5.02 Å². The summed E-state index contributed by atoms with van der Waals surface area (Å²) in [6.07, 6.45) is 3.91. The number of carbonyl (C=O) groups is 1. The molecule has 5 heteroatoms. The van der Waals surface area contributed by atoms with E-state index in [4.69, 9.17) is 16.3 Å². The van der Waals surface area contributed by atoms with Gasteiger partial charge in [-0.3, -0.25) is 9.48 Å². The van der Waals surface area contributed by atoms with E-state index in [1.54, 1.807) is 11.8 Å². The lowest BCUT2D eigenvalue weighted by molar-refractivity contribution is 0.0966. The Hall–Kier alpha value is -0.870. The second-order valence-corrected chi connectivity index (χ2v) is 3.99. The van der Waals surface area contributed by atoms with Gasteiger partial charge in [-0.15, -0.1) is 0 Å². The number of aromatic nitrogens is 2. The third-order valence-electron chi connectivity index (χ3n) is 2.32. The van der Waals surface area contributed by atoms with Crippen molar-refractivity contribution < 1.29 is 9.53 Å². The Bertz CT molecular complexity index is 350. The molecule has 0 N–H and O–H groups in total. The third kappa shape index (κ3) is 3.32. The Balaban J connectivity index is 2.75. The third-order valence-corrected chi connectivity index (χ3v) is 2.60. The highest BCUT2D eigenvalue weighted by Gasteiger charge is 2.16. The van der Waals surface area contributed by atoms with Crippen LogP contribution in [-0.4, -0.2) is 29.3 Å². The molecule has 0 aliphatic carbocycles. The maximum atomic E-state index is 11.9. The van der Waals surface area contributed by atoms with Gasteiger partial charge in [0.2, 0.25) is 0 Å². The van der Waals surface area contributed by atoms with Crippen LogP contribution in [0, 0.1) is 0 Å². The van der Waals surface area contributed by atoms with Crippen molar-refractivity contribution in [2.24, 2.45) is 0 Å². The first-order valence-corrected chi connectivity index (χ1v) is 5.82. The predicted octanol–water partition coefficient (Wildman–Crippen LogP) is 2.56. The molecule has 0 saturated heterocycles. The quantitative estimate of drug-likeness (QED) is 0.693. The molecular weight excluding hydrogens is 228 g/mol. The Kier molecular flexibility index (Phi) is 5.49. The normalized spacial score (nSPS) is 10.7. The van der Waals surface area contributed by atoms with Crippen molar-refractivity contribution in [1.82, 2.24) is 9.78 Å². The van der Waals surface area contributed by atoms with Gasteiger partial charge in [-0.2, -0.15) is 5.10 Å². The van der Waals surface area contributed by atoms with Gasteiger partial charge < -0.3 is 4.74 Å². The zero-order valence-electron chi connectivity index (χ0n) is 9.70. The van der Waals surface area contributed by atoms with Crippen LogP contribution in [0.1, 0.15) is 36.7 Å². The van der Waals surface area contributed by atoms with Crippen molar-refractivity contribution in [3.63, 3.8) is 0 Å². The molecule has 1 heterocycles. The molecule has 16 heavy (non-hydrogen) atoms. The zero-order valence-corrected chi connectivity index (χ0v) is 10.5. The van der Waals surface area contributed by atoms with Crippen molar-refractivity contribution in [2.45, 2.75) is 32.7 Å². The largest absolute Gasteiger partial charge is 0.383 e. The zero-order chi connectivity index (χ0) is 12.0. The Morgan fingerprint density at radius 2 is 2.38 bits per heavy atom. The molecular formula is C11H17ClN2O2. The van der Waals surface area contributed by atoms with E-state index in [2.05, 4.69) is 12.0 Å². The number of Topliss-reactive ketones (excluding diaryl/α,β-unsaturated/α-hetero) is 1. The monoisotopic (exact) mass is 244 g/mol. The maximum Gasteiger partial charge on any atom is 0.182 e. The average molecular weight is 245 g/mol. The maximum absolute atomic E-state index is 11.9. The fourth-order valence-electron chi connectivity index (χ4n) is 1.44. The van der Waals surface area contributed by atoms with E-state index in [1.165, 1.54) is 6.20 Å². The molecule has 0 aliphatic rings. The summed E-state index contributed by atoms with van der Waals surface area (Å²) in [4.78, 5) is 11.9. The summed E-state index contributed by atoms with van der Waals surface area (Å²) in [5, 5.41) is 4.49. The molecule has 0 aliphatic heterocycles. The molecule has 0 radical (unpaired) electrons. The number of ether oxygens (including phenoxy) is 1. The Morgan fingerprint density at radius 3 is 3.00 bits per heavy atom. The van der Waals surface area contributed by atoms with Crippen molar-refractivity contribution >= 4 is 17.4 Å². The van der Waals surface area contributed by atoms with Crippen molar-refractivity contribution in [3.05, 3.63) is 16.9 Å². The van der Waals surface area contributed by atoms with Gasteiger partial charge in [0, 0.05) is 13.5 Å². The van der Waals surface area contributed by atoms with Gasteiger partial charge in [0.05, 0.1) is 24.4 Å². The number of methoxy groups -OCH3 is 1. The van der Waals surface area contributed by atoms with E-state index in [-0.39, 0.29) is 5.78 Å². The Morgan fingerprint density at radius 1 is 1.62 bits per heavy atom. The number of rotatable bonds is 7. The highest BCUT2D eigenvalue weighted by Crippen LogP contribution is 2.18. The van der Waals surface area contributed by atoms with Crippen molar-refractivity contribution in [2.75, 3.05) is 13.7 Å². The van der Waals surface area contributed by atoms with Crippen LogP contribution in [0.15, 0.2) is 6.20 Å². The van der Waals surface area contributed by atoms with Gasteiger partial charge in [-0.05, 0) is 6.42 Å². The number of nitrogens with zero attached hydrogens (tertiary/aromatic N) is 2. The number of unbranched alkanes of at least 4 members (excludes halogenated alkanes) is 1. The number of halogens is 1. The molecule has 90 valence electrons. The first kappa shape index (κ1) is 13.2. The van der Waals surface area contributed by atoms with E-state index >= 15 is 0 Å². The smallest absolute Gasteiger partial charge is 0.182 e. The minimum atomic E-state index is 0.0560. The molecule has 0 saturated carbocycles. The van der Waals surface area contributed by atoms with Gasteiger partial charge in [0.1, 0.15) is 5.69 Å². The van der Waals surface area contributed by atoms with Crippen LogP contribution in [0.4, 0.5) is 0 Å². The van der Waals surface area contributed by atoms with Crippen LogP contribution >= 0.6 is 11.6 Å². The van der Waals surface area contributed by atoms with Gasteiger partial charge in [-0.1, -0.05) is 24.9 Å². The number of hydrogen-bond donors (Lipinski definition) is 0. The number of carbonyl (C=O) groups excluding carboxylic acids is 1. The summed E-state index contributed by atoms with van der Waals surface area (Å²) >= 11 is 5.95. The van der Waals surface area contributed by atoms with Crippen LogP contribution in [0.25, 0.3) is 0 Å². The summed E-state index contributed by atoms with van der Waals surface area (Å²) in [6, 6.07) is 0. The summed E-state index contributed by atoms with van der Waals surface area (Å²) in [5.74, 6) is 0.0560. The van der Waals surface area contributed by atoms with E-state index in [0.29, 0.717) is 30.3 Å². The Labute approximate surface area is 101 Å². The molecule has 0 fully saturated rings. The highest BCUT2D eigenvalue weighted by molar-refractivity contribution is 6.33. The van der Waals surface area contributed by atoms with Crippen molar-refractivity contribution in [1.29, 1.82) is 0 Å². The van der Waals surface area contributed by atoms with Crippen molar-refractivity contribution in [3.8, 4) is 0 Å². The molecule has 4 nitrogen and oxygen atoms in total.